The number of nitrogens with one attached hydrogen (secondary N) is 1. The molecule has 8 heteroatoms. The van der Waals surface area contributed by atoms with Gasteiger partial charge in [-0.1, -0.05) is 23.2 Å². The first-order chi connectivity index (χ1) is 9.36. The fourth-order valence-corrected chi connectivity index (χ4v) is 4.44. The minimum atomic E-state index is -3.52. The van der Waals surface area contributed by atoms with Crippen LogP contribution in [0.5, 0.6) is 0 Å². The Balaban J connectivity index is 0.00000220. The van der Waals surface area contributed by atoms with Gasteiger partial charge in [0.1, 0.15) is 0 Å². The van der Waals surface area contributed by atoms with E-state index in [1.165, 1.54) is 16.4 Å². The van der Waals surface area contributed by atoms with Crippen LogP contribution in [0.1, 0.15) is 18.4 Å². The molecule has 0 atom stereocenters. The quantitative estimate of drug-likeness (QED) is 0.885. The van der Waals surface area contributed by atoms with Gasteiger partial charge in [-0.3, -0.25) is 0 Å². The average molecular weight is 374 g/mol. The molecule has 0 aliphatic carbocycles. The van der Waals surface area contributed by atoms with Gasteiger partial charge in [-0.2, -0.15) is 4.31 Å². The number of piperidine rings is 1. The molecule has 0 saturated carbocycles. The molecule has 1 aliphatic rings. The lowest BCUT2D eigenvalue weighted by atomic mass is 10.1. The first-order valence-corrected chi connectivity index (χ1v) is 8.69. The molecule has 0 radical (unpaired) electrons. The van der Waals surface area contributed by atoms with Crippen molar-refractivity contribution in [1.29, 1.82) is 0 Å². The highest BCUT2D eigenvalue weighted by molar-refractivity contribution is 7.89. The van der Waals surface area contributed by atoms with E-state index in [0.717, 1.165) is 12.8 Å². The van der Waals surface area contributed by atoms with Crippen molar-refractivity contribution in [3.8, 4) is 0 Å². The lowest BCUT2D eigenvalue weighted by Crippen LogP contribution is -2.43. The second-order valence-electron chi connectivity index (χ2n) is 4.98. The third kappa shape index (κ3) is 4.03. The van der Waals surface area contributed by atoms with E-state index in [1.54, 1.807) is 6.92 Å². The summed E-state index contributed by atoms with van der Waals surface area (Å²) in [5.74, 6) is 0. The molecule has 0 spiro atoms. The van der Waals surface area contributed by atoms with Crippen molar-refractivity contribution >= 4 is 45.6 Å². The zero-order chi connectivity index (χ0) is 14.9. The Morgan fingerprint density at radius 1 is 1.19 bits per heavy atom. The summed E-state index contributed by atoms with van der Waals surface area (Å²) in [5.41, 5.74) is 0.696. The number of sulfonamides is 1. The molecule has 1 saturated heterocycles. The number of hydrogen-bond donors (Lipinski definition) is 1. The van der Waals surface area contributed by atoms with E-state index in [4.69, 9.17) is 23.2 Å². The van der Waals surface area contributed by atoms with Crippen LogP contribution in [0.2, 0.25) is 10.0 Å². The van der Waals surface area contributed by atoms with Crippen LogP contribution >= 0.6 is 35.6 Å². The zero-order valence-electron chi connectivity index (χ0n) is 11.9. The molecule has 0 amide bonds. The highest BCUT2D eigenvalue weighted by Crippen LogP contribution is 2.30. The smallest absolute Gasteiger partial charge is 0.243 e. The highest BCUT2D eigenvalue weighted by Gasteiger charge is 2.29. The maximum absolute atomic E-state index is 12.6. The van der Waals surface area contributed by atoms with Crippen molar-refractivity contribution in [3.05, 3.63) is 27.7 Å². The van der Waals surface area contributed by atoms with E-state index in [0.29, 0.717) is 34.7 Å². The van der Waals surface area contributed by atoms with Gasteiger partial charge >= 0.3 is 0 Å². The normalized spacial score (nSPS) is 17.5. The van der Waals surface area contributed by atoms with Crippen molar-refractivity contribution in [2.24, 2.45) is 0 Å². The largest absolute Gasteiger partial charge is 0.317 e. The molecule has 0 unspecified atom stereocenters. The number of halogens is 3. The lowest BCUT2D eigenvalue weighted by Gasteiger charge is -2.31. The molecule has 1 aromatic rings. The second-order valence-corrected chi connectivity index (χ2v) is 7.73. The summed E-state index contributed by atoms with van der Waals surface area (Å²) >= 11 is 12.1. The Kier molecular flexibility index (Phi) is 6.78. The maximum atomic E-state index is 12.6. The van der Waals surface area contributed by atoms with Crippen LogP contribution in [0.4, 0.5) is 0 Å². The summed E-state index contributed by atoms with van der Waals surface area (Å²) < 4.78 is 26.7. The summed E-state index contributed by atoms with van der Waals surface area (Å²) in [5, 5.41) is 3.93. The lowest BCUT2D eigenvalue weighted by molar-refractivity contribution is 0.298. The van der Waals surface area contributed by atoms with E-state index < -0.39 is 10.0 Å². The Hall–Kier alpha value is -0.0400. The Labute approximate surface area is 142 Å². The molecule has 1 N–H and O–H groups in total. The third-order valence-electron chi connectivity index (χ3n) is 3.75. The van der Waals surface area contributed by atoms with Crippen LogP contribution in [-0.2, 0) is 10.0 Å². The molecule has 1 fully saturated rings. The van der Waals surface area contributed by atoms with E-state index in [-0.39, 0.29) is 17.3 Å². The Morgan fingerprint density at radius 2 is 1.67 bits per heavy atom. The SMILES string of the molecule is CNC1CCN(S(=O)(=O)c2cc(Cl)c(C)c(Cl)c2)CC1.Cl. The van der Waals surface area contributed by atoms with E-state index >= 15 is 0 Å². The van der Waals surface area contributed by atoms with Gasteiger partial charge in [0, 0.05) is 29.2 Å². The van der Waals surface area contributed by atoms with Crippen LogP contribution in [0.15, 0.2) is 17.0 Å². The molecular formula is C13H19Cl3N2O2S. The van der Waals surface area contributed by atoms with Crippen molar-refractivity contribution in [1.82, 2.24) is 9.62 Å². The van der Waals surface area contributed by atoms with E-state index in [1.807, 2.05) is 7.05 Å². The monoisotopic (exact) mass is 372 g/mol. The van der Waals surface area contributed by atoms with Gasteiger partial charge in [-0.25, -0.2) is 8.42 Å². The topological polar surface area (TPSA) is 49.4 Å². The van der Waals surface area contributed by atoms with Gasteiger partial charge in [0.25, 0.3) is 0 Å². The average Bonchev–Trinajstić information content (AvgIpc) is 2.44. The van der Waals surface area contributed by atoms with Crippen LogP contribution in [0.3, 0.4) is 0 Å². The Morgan fingerprint density at radius 3 is 2.10 bits per heavy atom. The fourth-order valence-electron chi connectivity index (χ4n) is 2.30. The molecule has 1 aromatic carbocycles. The molecular weight excluding hydrogens is 355 g/mol. The standard InChI is InChI=1S/C13H18Cl2N2O2S.ClH/c1-9-12(14)7-11(8-13(9)15)20(18,19)17-5-3-10(16-2)4-6-17;/h7-8,10,16H,3-6H2,1-2H3;1H. The van der Waals surface area contributed by atoms with Gasteiger partial charge in [0.05, 0.1) is 4.90 Å². The minimum Gasteiger partial charge on any atom is -0.317 e. The second kappa shape index (κ2) is 7.49. The van der Waals surface area contributed by atoms with Gasteiger partial charge in [-0.05, 0) is 44.5 Å². The number of nitrogens with zero attached hydrogens (tertiary/aromatic N) is 1. The van der Waals surface area contributed by atoms with Crippen molar-refractivity contribution in [2.75, 3.05) is 20.1 Å². The molecule has 1 heterocycles. The third-order valence-corrected chi connectivity index (χ3v) is 6.42. The predicted octanol–water partition coefficient (Wildman–Crippen LogP) is 3.10. The Bertz CT molecular complexity index is 576. The van der Waals surface area contributed by atoms with Crippen LogP contribution in [0, 0.1) is 6.92 Å². The summed E-state index contributed by atoms with van der Waals surface area (Å²) in [6, 6.07) is 3.33. The zero-order valence-corrected chi connectivity index (χ0v) is 15.0. The number of benzene rings is 1. The predicted molar refractivity (Wildman–Crippen MR) is 89.3 cm³/mol. The molecule has 120 valence electrons. The maximum Gasteiger partial charge on any atom is 0.243 e. The van der Waals surface area contributed by atoms with Crippen molar-refractivity contribution in [3.63, 3.8) is 0 Å². The first-order valence-electron chi connectivity index (χ1n) is 6.49. The highest BCUT2D eigenvalue weighted by atomic mass is 35.5. The minimum absolute atomic E-state index is 0. The molecule has 21 heavy (non-hydrogen) atoms. The summed E-state index contributed by atoms with van der Waals surface area (Å²) in [6.45, 7) is 2.79. The van der Waals surface area contributed by atoms with Gasteiger partial charge in [0.15, 0.2) is 0 Å². The molecule has 2 rings (SSSR count). The number of hydrogen-bond acceptors (Lipinski definition) is 3. The van der Waals surface area contributed by atoms with E-state index in [9.17, 15) is 8.42 Å². The van der Waals surface area contributed by atoms with Crippen LogP contribution in [-0.4, -0.2) is 38.9 Å². The first kappa shape index (κ1) is 19.0. The van der Waals surface area contributed by atoms with Crippen molar-refractivity contribution < 1.29 is 8.42 Å². The molecule has 0 bridgehead atoms. The summed E-state index contributed by atoms with van der Waals surface area (Å²) in [6.07, 6.45) is 1.62. The number of rotatable bonds is 3. The molecule has 1 aliphatic heterocycles. The van der Waals surface area contributed by atoms with Gasteiger partial charge in [-0.15, -0.1) is 12.4 Å². The summed E-state index contributed by atoms with van der Waals surface area (Å²) in [7, 11) is -1.62. The van der Waals surface area contributed by atoms with Crippen molar-refractivity contribution in [2.45, 2.75) is 30.7 Å². The molecule has 0 aromatic heterocycles. The summed E-state index contributed by atoms with van der Waals surface area (Å²) in [4.78, 5) is 0.168. The fraction of sp³-hybridized carbons (Fsp3) is 0.538. The van der Waals surface area contributed by atoms with Gasteiger partial charge < -0.3 is 5.32 Å². The van der Waals surface area contributed by atoms with E-state index in [2.05, 4.69) is 5.32 Å². The van der Waals surface area contributed by atoms with Crippen LogP contribution < -0.4 is 5.32 Å². The van der Waals surface area contributed by atoms with Gasteiger partial charge in [0.2, 0.25) is 10.0 Å². The molecule has 4 nitrogen and oxygen atoms in total. The van der Waals surface area contributed by atoms with Crippen LogP contribution in [0.25, 0.3) is 0 Å².